The van der Waals surface area contributed by atoms with Crippen molar-refractivity contribution in [1.82, 2.24) is 19.9 Å². The van der Waals surface area contributed by atoms with Gasteiger partial charge in [-0.15, -0.1) is 0 Å². The molecular formula is C25H19FN4O5S. The molecule has 0 atom stereocenters. The minimum Gasteiger partial charge on any atom is -0.443 e. The summed E-state index contributed by atoms with van der Waals surface area (Å²) in [5, 5.41) is 3.45. The second-order valence-electron chi connectivity index (χ2n) is 7.97. The molecule has 2 N–H and O–H groups in total. The van der Waals surface area contributed by atoms with Crippen LogP contribution in [0.4, 0.5) is 4.39 Å². The fraction of sp³-hybridized carbons (Fsp3) is 0.0800. The molecule has 9 nitrogen and oxygen atoms in total. The topological polar surface area (TPSA) is 127 Å². The maximum Gasteiger partial charge on any atom is 0.294 e. The summed E-state index contributed by atoms with van der Waals surface area (Å²) >= 11 is 0. The molecule has 2 aromatic carbocycles. The predicted octanol–water partition coefficient (Wildman–Crippen LogP) is 4.06. The number of carbonyl (C=O) groups excluding carboxylic acids is 1. The van der Waals surface area contributed by atoms with E-state index < -0.39 is 10.1 Å². The molecule has 182 valence electrons. The van der Waals surface area contributed by atoms with Gasteiger partial charge in [0.15, 0.2) is 0 Å². The van der Waals surface area contributed by atoms with Crippen molar-refractivity contribution in [3.63, 3.8) is 0 Å². The van der Waals surface area contributed by atoms with Crippen molar-refractivity contribution in [3.05, 3.63) is 90.8 Å². The highest BCUT2D eigenvalue weighted by Gasteiger charge is 2.17. The molecule has 0 radical (unpaired) electrons. The van der Waals surface area contributed by atoms with E-state index in [9.17, 15) is 17.6 Å². The van der Waals surface area contributed by atoms with E-state index in [1.54, 1.807) is 47.2 Å². The molecule has 3 aromatic heterocycles. The van der Waals surface area contributed by atoms with Crippen LogP contribution in [-0.4, -0.2) is 33.4 Å². The Morgan fingerprint density at radius 3 is 2.47 bits per heavy atom. The summed E-state index contributed by atoms with van der Waals surface area (Å²) in [6.45, 7) is 0.147. The number of benzene rings is 2. The molecule has 0 fully saturated rings. The lowest BCUT2D eigenvalue weighted by atomic mass is 10.1. The standard InChI is InChI=1S/C25H19FN4O5S/c26-19-4-8-22-18(11-19)12-23(25-27-9-10-35-25)30(22)15-24(31)29-14-20-5-1-17(13-28-20)16-2-6-21(7-3-16)36(32,33)34/h1-13H,14-15H2,(H,29,31)(H,32,33,34). The number of nitrogens with one attached hydrogen (secondary N) is 1. The molecule has 0 aliphatic carbocycles. The second kappa shape index (κ2) is 9.36. The number of carbonyl (C=O) groups is 1. The Bertz CT molecular complexity index is 1650. The van der Waals surface area contributed by atoms with Crippen LogP contribution in [0.5, 0.6) is 0 Å². The number of rotatable bonds is 7. The molecular weight excluding hydrogens is 487 g/mol. The molecule has 0 aliphatic rings. The Morgan fingerprint density at radius 1 is 1.03 bits per heavy atom. The maximum atomic E-state index is 13.7. The third-order valence-corrected chi connectivity index (χ3v) is 6.46. The van der Waals surface area contributed by atoms with E-state index in [1.165, 1.54) is 36.7 Å². The first-order valence-electron chi connectivity index (χ1n) is 10.8. The first kappa shape index (κ1) is 23.4. The third kappa shape index (κ3) is 4.88. The molecule has 36 heavy (non-hydrogen) atoms. The Balaban J connectivity index is 1.28. The van der Waals surface area contributed by atoms with Crippen LogP contribution in [-0.2, 0) is 28.0 Å². The zero-order chi connectivity index (χ0) is 25.3. The Kier molecular flexibility index (Phi) is 6.08. The van der Waals surface area contributed by atoms with Gasteiger partial charge in [0.05, 0.1) is 23.3 Å². The quantitative estimate of drug-likeness (QED) is 0.319. The molecule has 1 amide bonds. The first-order valence-corrected chi connectivity index (χ1v) is 12.2. The van der Waals surface area contributed by atoms with Crippen LogP contribution in [0.25, 0.3) is 33.6 Å². The summed E-state index contributed by atoms with van der Waals surface area (Å²) in [6.07, 6.45) is 4.53. The van der Waals surface area contributed by atoms with E-state index in [2.05, 4.69) is 15.3 Å². The lowest BCUT2D eigenvalue weighted by Crippen LogP contribution is -2.27. The van der Waals surface area contributed by atoms with Gasteiger partial charge in [0.25, 0.3) is 10.1 Å². The van der Waals surface area contributed by atoms with Crippen LogP contribution >= 0.6 is 0 Å². The van der Waals surface area contributed by atoms with Crippen molar-refractivity contribution in [2.45, 2.75) is 18.0 Å². The minimum absolute atomic E-state index is 0.0367. The van der Waals surface area contributed by atoms with E-state index >= 15 is 0 Å². The van der Waals surface area contributed by atoms with Gasteiger partial charge in [0, 0.05) is 22.7 Å². The number of halogens is 1. The summed E-state index contributed by atoms with van der Waals surface area (Å²) in [5.41, 5.74) is 3.31. The van der Waals surface area contributed by atoms with Crippen LogP contribution < -0.4 is 5.32 Å². The molecule has 11 heteroatoms. The van der Waals surface area contributed by atoms with Crippen molar-refractivity contribution in [2.24, 2.45) is 0 Å². The number of oxazole rings is 1. The van der Waals surface area contributed by atoms with Crippen LogP contribution in [0, 0.1) is 5.82 Å². The second-order valence-corrected chi connectivity index (χ2v) is 9.39. The molecule has 0 bridgehead atoms. The lowest BCUT2D eigenvalue weighted by Gasteiger charge is -2.10. The van der Waals surface area contributed by atoms with Crippen LogP contribution in [0.3, 0.4) is 0 Å². The number of amides is 1. The third-order valence-electron chi connectivity index (χ3n) is 5.59. The molecule has 0 aliphatic heterocycles. The van der Waals surface area contributed by atoms with Gasteiger partial charge < -0.3 is 14.3 Å². The Morgan fingerprint density at radius 2 is 1.81 bits per heavy atom. The van der Waals surface area contributed by atoms with Crippen molar-refractivity contribution >= 4 is 26.9 Å². The highest BCUT2D eigenvalue weighted by Crippen LogP contribution is 2.28. The summed E-state index contributed by atoms with van der Waals surface area (Å²) in [5.74, 6) is -0.343. The van der Waals surface area contributed by atoms with Gasteiger partial charge in [-0.1, -0.05) is 18.2 Å². The van der Waals surface area contributed by atoms with Crippen LogP contribution in [0.15, 0.2) is 88.6 Å². The highest BCUT2D eigenvalue weighted by atomic mass is 32.2. The Hall–Kier alpha value is -4.35. The monoisotopic (exact) mass is 506 g/mol. The van der Waals surface area contributed by atoms with E-state index in [0.29, 0.717) is 28.2 Å². The van der Waals surface area contributed by atoms with Crippen LogP contribution in [0.1, 0.15) is 5.69 Å². The fourth-order valence-corrected chi connectivity index (χ4v) is 4.33. The van der Waals surface area contributed by atoms with E-state index in [0.717, 1.165) is 11.1 Å². The fourth-order valence-electron chi connectivity index (χ4n) is 3.85. The van der Waals surface area contributed by atoms with Gasteiger partial charge in [-0.25, -0.2) is 9.37 Å². The average Bonchev–Trinajstić information content (AvgIpc) is 3.51. The molecule has 0 saturated carbocycles. The van der Waals surface area contributed by atoms with Gasteiger partial charge in [-0.3, -0.25) is 14.3 Å². The number of pyridine rings is 1. The largest absolute Gasteiger partial charge is 0.443 e. The molecule has 5 aromatic rings. The number of aromatic nitrogens is 3. The van der Waals surface area contributed by atoms with Crippen LogP contribution in [0.2, 0.25) is 0 Å². The van der Waals surface area contributed by atoms with E-state index in [4.69, 9.17) is 8.97 Å². The maximum absolute atomic E-state index is 13.7. The molecule has 0 spiro atoms. The van der Waals surface area contributed by atoms with Gasteiger partial charge >= 0.3 is 0 Å². The average molecular weight is 507 g/mol. The SMILES string of the molecule is O=C(Cn1c(-c2ncco2)cc2cc(F)ccc21)NCc1ccc(-c2ccc(S(=O)(=O)O)cc2)cn1. The van der Waals surface area contributed by atoms with Gasteiger partial charge in [0.2, 0.25) is 11.8 Å². The van der Waals surface area contributed by atoms with Gasteiger partial charge in [0.1, 0.15) is 24.3 Å². The van der Waals surface area contributed by atoms with Gasteiger partial charge in [-0.2, -0.15) is 8.42 Å². The minimum atomic E-state index is -4.26. The summed E-state index contributed by atoms with van der Waals surface area (Å²) in [4.78, 5) is 21.1. The smallest absolute Gasteiger partial charge is 0.294 e. The predicted molar refractivity (Wildman–Crippen MR) is 129 cm³/mol. The zero-order valence-electron chi connectivity index (χ0n) is 18.6. The van der Waals surface area contributed by atoms with E-state index in [1.807, 2.05) is 0 Å². The Labute approximate surface area is 205 Å². The molecule has 0 saturated heterocycles. The number of hydrogen-bond donors (Lipinski definition) is 2. The lowest BCUT2D eigenvalue weighted by molar-refractivity contribution is -0.121. The number of fused-ring (bicyclic) bond motifs is 1. The summed E-state index contributed by atoms with van der Waals surface area (Å²) in [7, 11) is -4.26. The van der Waals surface area contributed by atoms with E-state index in [-0.39, 0.29) is 29.7 Å². The van der Waals surface area contributed by atoms with Crippen molar-refractivity contribution in [1.29, 1.82) is 0 Å². The summed E-state index contributed by atoms with van der Waals surface area (Å²) in [6, 6.07) is 15.4. The van der Waals surface area contributed by atoms with Crippen molar-refractivity contribution in [3.8, 4) is 22.7 Å². The molecule has 5 rings (SSSR count). The molecule has 0 unspecified atom stereocenters. The molecule has 3 heterocycles. The highest BCUT2D eigenvalue weighted by molar-refractivity contribution is 7.85. The normalized spacial score (nSPS) is 11.6. The number of nitrogens with zero attached hydrogens (tertiary/aromatic N) is 3. The van der Waals surface area contributed by atoms with Crippen molar-refractivity contribution < 1.29 is 26.6 Å². The van der Waals surface area contributed by atoms with Crippen molar-refractivity contribution in [2.75, 3.05) is 0 Å². The summed E-state index contributed by atoms with van der Waals surface area (Å²) < 4.78 is 52.3. The van der Waals surface area contributed by atoms with Gasteiger partial charge in [-0.05, 0) is 48.0 Å². The first-order chi connectivity index (χ1) is 17.3. The zero-order valence-corrected chi connectivity index (χ0v) is 19.4. The number of hydrogen-bond acceptors (Lipinski definition) is 6.